The Morgan fingerprint density at radius 2 is 2.06 bits per heavy atom. The molecule has 18 heavy (non-hydrogen) atoms. The van der Waals surface area contributed by atoms with Crippen LogP contribution in [0.2, 0.25) is 0 Å². The van der Waals surface area contributed by atoms with Crippen LogP contribution < -0.4 is 5.73 Å². The number of likely N-dealkylation sites (N-methyl/N-ethyl adjacent to an activating group) is 1. The van der Waals surface area contributed by atoms with Gasteiger partial charge >= 0.3 is 0 Å². The summed E-state index contributed by atoms with van der Waals surface area (Å²) < 4.78 is 1.17. The largest absolute Gasteiger partial charge is 0.330 e. The first kappa shape index (κ1) is 15.7. The van der Waals surface area contributed by atoms with Crippen LogP contribution in [-0.4, -0.2) is 31.6 Å². The summed E-state index contributed by atoms with van der Waals surface area (Å²) in [6.07, 6.45) is 2.29. The molecule has 0 saturated carbocycles. The highest BCUT2D eigenvalue weighted by Crippen LogP contribution is 2.16. The molecule has 1 aromatic rings. The molecule has 1 atom stereocenters. The monoisotopic (exact) mass is 312 g/mol. The summed E-state index contributed by atoms with van der Waals surface area (Å²) in [6, 6.07) is 6.51. The molecular formula is C15H25BrN2. The first-order valence-corrected chi connectivity index (χ1v) is 7.46. The van der Waals surface area contributed by atoms with E-state index in [9.17, 15) is 0 Å². The lowest BCUT2D eigenvalue weighted by molar-refractivity contribution is 0.310. The van der Waals surface area contributed by atoms with Crippen LogP contribution in [0.4, 0.5) is 0 Å². The summed E-state index contributed by atoms with van der Waals surface area (Å²) in [5.41, 5.74) is 8.45. The Morgan fingerprint density at radius 1 is 1.33 bits per heavy atom. The first-order chi connectivity index (χ1) is 8.52. The van der Waals surface area contributed by atoms with E-state index in [0.29, 0.717) is 5.92 Å². The molecule has 0 spiro atoms. The molecule has 0 amide bonds. The number of aryl methyl sites for hydroxylation is 1. The lowest BCUT2D eigenvalue weighted by Gasteiger charge is -2.19. The van der Waals surface area contributed by atoms with Crippen LogP contribution in [-0.2, 0) is 6.42 Å². The summed E-state index contributed by atoms with van der Waals surface area (Å²) in [7, 11) is 2.19. The quantitative estimate of drug-likeness (QED) is 0.837. The van der Waals surface area contributed by atoms with Crippen molar-refractivity contribution in [2.24, 2.45) is 11.7 Å². The van der Waals surface area contributed by atoms with E-state index in [-0.39, 0.29) is 0 Å². The van der Waals surface area contributed by atoms with E-state index >= 15 is 0 Å². The Hall–Kier alpha value is -0.380. The normalized spacial score (nSPS) is 13.0. The third-order valence-corrected chi connectivity index (χ3v) is 3.97. The molecule has 1 unspecified atom stereocenters. The maximum atomic E-state index is 5.64. The summed E-state index contributed by atoms with van der Waals surface area (Å²) in [5.74, 6) is 0.625. The van der Waals surface area contributed by atoms with Crippen molar-refractivity contribution in [2.45, 2.75) is 26.7 Å². The number of nitrogens with zero attached hydrogens (tertiary/aromatic N) is 1. The predicted octanol–water partition coefficient (Wildman–Crippen LogP) is 3.22. The molecule has 0 aliphatic heterocycles. The molecule has 0 saturated heterocycles. The van der Waals surface area contributed by atoms with E-state index in [1.165, 1.54) is 22.0 Å². The van der Waals surface area contributed by atoms with Crippen LogP contribution in [0.1, 0.15) is 24.5 Å². The number of benzene rings is 1. The second-order valence-electron chi connectivity index (χ2n) is 5.25. The fourth-order valence-corrected chi connectivity index (χ4v) is 2.30. The Morgan fingerprint density at radius 3 is 2.72 bits per heavy atom. The number of rotatable bonds is 7. The summed E-state index contributed by atoms with van der Waals surface area (Å²) in [5, 5.41) is 0. The zero-order valence-electron chi connectivity index (χ0n) is 11.7. The minimum atomic E-state index is 0.625. The fraction of sp³-hybridized carbons (Fsp3) is 0.600. The zero-order chi connectivity index (χ0) is 13.5. The topological polar surface area (TPSA) is 29.3 Å². The third kappa shape index (κ3) is 5.51. The van der Waals surface area contributed by atoms with Gasteiger partial charge in [-0.15, -0.1) is 0 Å². The minimum Gasteiger partial charge on any atom is -0.330 e. The van der Waals surface area contributed by atoms with Crippen molar-refractivity contribution >= 4 is 15.9 Å². The Labute approximate surface area is 120 Å². The SMILES string of the molecule is Cc1ccc(Br)cc1CCN(C)CCC(C)CN. The van der Waals surface area contributed by atoms with E-state index < -0.39 is 0 Å². The molecule has 0 radical (unpaired) electrons. The maximum absolute atomic E-state index is 5.64. The molecule has 2 N–H and O–H groups in total. The standard InChI is InChI=1S/C15H25BrN2/c1-12(11-17)6-8-18(3)9-7-14-10-15(16)5-4-13(14)2/h4-5,10,12H,6-9,11,17H2,1-3H3. The second-order valence-corrected chi connectivity index (χ2v) is 6.17. The number of nitrogens with two attached hydrogens (primary N) is 1. The summed E-state index contributed by atoms with van der Waals surface area (Å²) >= 11 is 3.53. The highest BCUT2D eigenvalue weighted by atomic mass is 79.9. The molecule has 2 nitrogen and oxygen atoms in total. The van der Waals surface area contributed by atoms with Crippen molar-refractivity contribution in [3.05, 3.63) is 33.8 Å². The van der Waals surface area contributed by atoms with Crippen LogP contribution in [0, 0.1) is 12.8 Å². The molecule has 0 aromatic heterocycles. The van der Waals surface area contributed by atoms with Crippen molar-refractivity contribution in [2.75, 3.05) is 26.7 Å². The van der Waals surface area contributed by atoms with Crippen LogP contribution in [0.15, 0.2) is 22.7 Å². The van der Waals surface area contributed by atoms with Gasteiger partial charge in [-0.1, -0.05) is 28.9 Å². The minimum absolute atomic E-state index is 0.625. The van der Waals surface area contributed by atoms with Crippen LogP contribution in [0.5, 0.6) is 0 Å². The van der Waals surface area contributed by atoms with Gasteiger partial charge in [-0.3, -0.25) is 0 Å². The summed E-state index contributed by atoms with van der Waals surface area (Å²) in [4.78, 5) is 2.40. The second kappa shape index (κ2) is 7.93. The molecule has 1 aromatic carbocycles. The average Bonchev–Trinajstić information content (AvgIpc) is 2.36. The smallest absolute Gasteiger partial charge is 0.0178 e. The van der Waals surface area contributed by atoms with Crippen molar-refractivity contribution in [1.29, 1.82) is 0 Å². The lowest BCUT2D eigenvalue weighted by Crippen LogP contribution is -2.25. The number of hydrogen-bond donors (Lipinski definition) is 1. The third-order valence-electron chi connectivity index (χ3n) is 3.48. The summed E-state index contributed by atoms with van der Waals surface area (Å²) in [6.45, 7) is 7.42. The van der Waals surface area contributed by atoms with Gasteiger partial charge in [0.25, 0.3) is 0 Å². The zero-order valence-corrected chi connectivity index (χ0v) is 13.3. The fourth-order valence-electron chi connectivity index (χ4n) is 1.89. The van der Waals surface area contributed by atoms with Gasteiger partial charge in [0.15, 0.2) is 0 Å². The van der Waals surface area contributed by atoms with Crippen molar-refractivity contribution in [3.8, 4) is 0 Å². The van der Waals surface area contributed by atoms with Gasteiger partial charge in [-0.25, -0.2) is 0 Å². The van der Waals surface area contributed by atoms with Gasteiger partial charge in [0.2, 0.25) is 0 Å². The molecular weight excluding hydrogens is 288 g/mol. The number of halogens is 1. The van der Waals surface area contributed by atoms with E-state index in [4.69, 9.17) is 5.73 Å². The van der Waals surface area contributed by atoms with Crippen LogP contribution >= 0.6 is 15.9 Å². The van der Waals surface area contributed by atoms with Gasteiger partial charge < -0.3 is 10.6 Å². The highest BCUT2D eigenvalue weighted by Gasteiger charge is 2.05. The van der Waals surface area contributed by atoms with E-state index in [2.05, 4.69) is 59.9 Å². The Bertz CT molecular complexity index is 366. The molecule has 0 heterocycles. The van der Waals surface area contributed by atoms with Crippen molar-refractivity contribution < 1.29 is 0 Å². The van der Waals surface area contributed by atoms with Crippen molar-refractivity contribution in [3.63, 3.8) is 0 Å². The highest BCUT2D eigenvalue weighted by molar-refractivity contribution is 9.10. The van der Waals surface area contributed by atoms with Gasteiger partial charge in [-0.2, -0.15) is 0 Å². The molecule has 0 fully saturated rings. The van der Waals surface area contributed by atoms with Gasteiger partial charge in [0.05, 0.1) is 0 Å². The predicted molar refractivity (Wildman–Crippen MR) is 82.9 cm³/mol. The molecule has 0 aliphatic rings. The van der Waals surface area contributed by atoms with Gasteiger partial charge in [0, 0.05) is 11.0 Å². The Kier molecular flexibility index (Phi) is 6.90. The molecule has 102 valence electrons. The first-order valence-electron chi connectivity index (χ1n) is 6.66. The Balaban J connectivity index is 2.37. The van der Waals surface area contributed by atoms with Crippen molar-refractivity contribution in [1.82, 2.24) is 4.90 Å². The maximum Gasteiger partial charge on any atom is 0.0178 e. The van der Waals surface area contributed by atoms with Crippen LogP contribution in [0.3, 0.4) is 0 Å². The number of hydrogen-bond acceptors (Lipinski definition) is 2. The molecule has 1 rings (SSSR count). The average molecular weight is 313 g/mol. The van der Waals surface area contributed by atoms with E-state index in [1.54, 1.807) is 0 Å². The van der Waals surface area contributed by atoms with Gasteiger partial charge in [-0.05, 0) is 69.1 Å². The molecule has 0 aliphatic carbocycles. The molecule has 3 heteroatoms. The van der Waals surface area contributed by atoms with Crippen LogP contribution in [0.25, 0.3) is 0 Å². The molecule has 0 bridgehead atoms. The van der Waals surface area contributed by atoms with Gasteiger partial charge in [0.1, 0.15) is 0 Å². The lowest BCUT2D eigenvalue weighted by atomic mass is 10.1. The van der Waals surface area contributed by atoms with E-state index in [0.717, 1.165) is 26.1 Å². The van der Waals surface area contributed by atoms with E-state index in [1.807, 2.05) is 0 Å².